The Balaban J connectivity index is 2.82. The summed E-state index contributed by atoms with van der Waals surface area (Å²) in [7, 11) is 3.47. The van der Waals surface area contributed by atoms with Gasteiger partial charge in [-0.1, -0.05) is 12.2 Å². The van der Waals surface area contributed by atoms with E-state index in [1.807, 2.05) is 6.21 Å². The van der Waals surface area contributed by atoms with Crippen molar-refractivity contribution in [3.8, 4) is 0 Å². The number of ether oxygens (including phenoxy) is 1. The van der Waals surface area contributed by atoms with Crippen LogP contribution in [0.1, 0.15) is 12.8 Å². The van der Waals surface area contributed by atoms with Gasteiger partial charge in [-0.05, 0) is 6.42 Å². The smallest absolute Gasteiger partial charge is 0.105 e. The Hall–Kier alpha value is -1.05. The second kappa shape index (κ2) is 3.96. The van der Waals surface area contributed by atoms with Crippen molar-refractivity contribution in [2.45, 2.75) is 12.8 Å². The molecule has 0 saturated heterocycles. The first-order valence-corrected chi connectivity index (χ1v) is 3.74. The van der Waals surface area contributed by atoms with Gasteiger partial charge in [0.1, 0.15) is 5.76 Å². The van der Waals surface area contributed by atoms with E-state index in [-0.39, 0.29) is 0 Å². The summed E-state index contributed by atoms with van der Waals surface area (Å²) < 4.78 is 5.19. The van der Waals surface area contributed by atoms with E-state index in [1.54, 1.807) is 14.2 Å². The van der Waals surface area contributed by atoms with Gasteiger partial charge in [0.15, 0.2) is 0 Å². The highest BCUT2D eigenvalue weighted by Gasteiger charge is 2.05. The normalized spacial score (nSPS) is 18.0. The molecule has 0 bridgehead atoms. The van der Waals surface area contributed by atoms with Crippen molar-refractivity contribution in [3.05, 3.63) is 23.5 Å². The predicted octanol–water partition coefficient (Wildman–Crippen LogP) is 1.94. The van der Waals surface area contributed by atoms with Gasteiger partial charge >= 0.3 is 0 Å². The van der Waals surface area contributed by atoms with Crippen LogP contribution in [0.4, 0.5) is 0 Å². The Bertz CT molecular complexity index is 210. The van der Waals surface area contributed by atoms with Gasteiger partial charge in [0.05, 0.1) is 7.11 Å². The van der Waals surface area contributed by atoms with Crippen LogP contribution in [0, 0.1) is 0 Å². The third kappa shape index (κ3) is 1.93. The third-order valence-electron chi connectivity index (χ3n) is 1.67. The number of methoxy groups -OCH3 is 1. The summed E-state index contributed by atoms with van der Waals surface area (Å²) in [6, 6.07) is 0. The molecule has 0 heterocycles. The first-order valence-electron chi connectivity index (χ1n) is 3.74. The van der Waals surface area contributed by atoms with E-state index in [0.717, 1.165) is 24.2 Å². The van der Waals surface area contributed by atoms with Gasteiger partial charge in [0.25, 0.3) is 0 Å². The van der Waals surface area contributed by atoms with E-state index in [4.69, 9.17) is 4.74 Å². The molecule has 0 spiro atoms. The van der Waals surface area contributed by atoms with Gasteiger partial charge in [-0.3, -0.25) is 4.99 Å². The topological polar surface area (TPSA) is 21.6 Å². The van der Waals surface area contributed by atoms with Crippen molar-refractivity contribution in [3.63, 3.8) is 0 Å². The molecule has 60 valence electrons. The monoisotopic (exact) mass is 151 g/mol. The van der Waals surface area contributed by atoms with E-state index in [1.165, 1.54) is 0 Å². The zero-order chi connectivity index (χ0) is 8.10. The largest absolute Gasteiger partial charge is 0.500 e. The summed E-state index contributed by atoms with van der Waals surface area (Å²) in [5.41, 5.74) is 1.10. The summed E-state index contributed by atoms with van der Waals surface area (Å²) >= 11 is 0. The van der Waals surface area contributed by atoms with Crippen LogP contribution in [0.3, 0.4) is 0 Å². The molecule has 0 aromatic rings. The van der Waals surface area contributed by atoms with Crippen LogP contribution in [-0.4, -0.2) is 20.4 Å². The number of hydrogen-bond donors (Lipinski definition) is 0. The second-order valence-electron chi connectivity index (χ2n) is 2.41. The number of rotatable bonds is 2. The highest BCUT2D eigenvalue weighted by molar-refractivity contribution is 5.83. The average Bonchev–Trinajstić information content (AvgIpc) is 2.06. The van der Waals surface area contributed by atoms with E-state index < -0.39 is 0 Å². The van der Waals surface area contributed by atoms with Crippen LogP contribution >= 0.6 is 0 Å². The lowest BCUT2D eigenvalue weighted by atomic mass is 10.1. The van der Waals surface area contributed by atoms with Gasteiger partial charge in [0, 0.05) is 25.3 Å². The zero-order valence-corrected chi connectivity index (χ0v) is 7.00. The summed E-state index contributed by atoms with van der Waals surface area (Å²) in [4.78, 5) is 3.94. The molecule has 0 aromatic heterocycles. The maximum Gasteiger partial charge on any atom is 0.105 e. The predicted molar refractivity (Wildman–Crippen MR) is 46.8 cm³/mol. The fourth-order valence-electron chi connectivity index (χ4n) is 1.14. The molecule has 0 fully saturated rings. The van der Waals surface area contributed by atoms with Crippen LogP contribution in [0.5, 0.6) is 0 Å². The Morgan fingerprint density at radius 1 is 1.64 bits per heavy atom. The fraction of sp³-hybridized carbons (Fsp3) is 0.444. The second-order valence-corrected chi connectivity index (χ2v) is 2.41. The van der Waals surface area contributed by atoms with Gasteiger partial charge < -0.3 is 4.74 Å². The number of nitrogens with zero attached hydrogens (tertiary/aromatic N) is 1. The summed E-state index contributed by atoms with van der Waals surface area (Å²) in [6.07, 6.45) is 8.09. The summed E-state index contributed by atoms with van der Waals surface area (Å²) in [5.74, 6) is 1.04. The lowest BCUT2D eigenvalue weighted by Crippen LogP contribution is -1.97. The minimum absolute atomic E-state index is 0.994. The Morgan fingerprint density at radius 3 is 3.09 bits per heavy atom. The van der Waals surface area contributed by atoms with Crippen molar-refractivity contribution in [2.75, 3.05) is 14.2 Å². The van der Waals surface area contributed by atoms with E-state index in [0.29, 0.717) is 0 Å². The molecule has 0 radical (unpaired) electrons. The lowest BCUT2D eigenvalue weighted by Gasteiger charge is -2.10. The molecule has 2 heteroatoms. The van der Waals surface area contributed by atoms with Crippen LogP contribution in [0.15, 0.2) is 28.5 Å². The van der Waals surface area contributed by atoms with Crippen molar-refractivity contribution < 1.29 is 4.74 Å². The minimum atomic E-state index is 0.994. The Labute approximate surface area is 67.3 Å². The lowest BCUT2D eigenvalue weighted by molar-refractivity contribution is 0.275. The Kier molecular flexibility index (Phi) is 2.90. The standard InChI is InChI=1S/C9H13NO/c1-10-7-8-5-3-4-6-9(8)11-2/h3,5,7H,4,6H2,1-2H3. The van der Waals surface area contributed by atoms with Crippen molar-refractivity contribution >= 4 is 6.21 Å². The van der Waals surface area contributed by atoms with Gasteiger partial charge in [0.2, 0.25) is 0 Å². The van der Waals surface area contributed by atoms with E-state index >= 15 is 0 Å². The average molecular weight is 151 g/mol. The molecule has 1 aliphatic carbocycles. The van der Waals surface area contributed by atoms with Crippen LogP contribution in [-0.2, 0) is 4.74 Å². The molecular formula is C9H13NO. The zero-order valence-electron chi connectivity index (χ0n) is 7.00. The number of aliphatic imine (C=N–C) groups is 1. The van der Waals surface area contributed by atoms with E-state index in [2.05, 4.69) is 17.1 Å². The van der Waals surface area contributed by atoms with Crippen LogP contribution < -0.4 is 0 Å². The van der Waals surface area contributed by atoms with Gasteiger partial charge in [-0.2, -0.15) is 0 Å². The van der Waals surface area contributed by atoms with Crippen molar-refractivity contribution in [1.29, 1.82) is 0 Å². The molecule has 1 aliphatic rings. The SMILES string of the molecule is CN=CC1=C(OC)CCC=C1. The number of allylic oxidation sites excluding steroid dienone is 4. The Morgan fingerprint density at radius 2 is 2.45 bits per heavy atom. The molecule has 1 rings (SSSR count). The molecular weight excluding hydrogens is 138 g/mol. The van der Waals surface area contributed by atoms with Gasteiger partial charge in [-0.25, -0.2) is 0 Å². The molecule has 0 aliphatic heterocycles. The molecule has 11 heavy (non-hydrogen) atoms. The molecule has 2 nitrogen and oxygen atoms in total. The highest BCUT2D eigenvalue weighted by Crippen LogP contribution is 2.17. The van der Waals surface area contributed by atoms with Crippen LogP contribution in [0.2, 0.25) is 0 Å². The summed E-state index contributed by atoms with van der Waals surface area (Å²) in [5, 5.41) is 0. The first-order chi connectivity index (χ1) is 5.38. The van der Waals surface area contributed by atoms with E-state index in [9.17, 15) is 0 Å². The molecule has 0 saturated carbocycles. The van der Waals surface area contributed by atoms with Crippen LogP contribution in [0.25, 0.3) is 0 Å². The molecule has 0 atom stereocenters. The molecule has 0 unspecified atom stereocenters. The summed E-state index contributed by atoms with van der Waals surface area (Å²) in [6.45, 7) is 0. The van der Waals surface area contributed by atoms with Crippen molar-refractivity contribution in [1.82, 2.24) is 0 Å². The molecule has 0 N–H and O–H groups in total. The molecule has 0 amide bonds. The number of hydrogen-bond acceptors (Lipinski definition) is 2. The maximum atomic E-state index is 5.19. The highest BCUT2D eigenvalue weighted by atomic mass is 16.5. The quantitative estimate of drug-likeness (QED) is 0.553. The maximum absolute atomic E-state index is 5.19. The fourth-order valence-corrected chi connectivity index (χ4v) is 1.14. The van der Waals surface area contributed by atoms with Gasteiger partial charge in [-0.15, -0.1) is 0 Å². The van der Waals surface area contributed by atoms with Crippen molar-refractivity contribution in [2.24, 2.45) is 4.99 Å². The molecule has 0 aromatic carbocycles. The first kappa shape index (κ1) is 8.05. The third-order valence-corrected chi connectivity index (χ3v) is 1.67. The minimum Gasteiger partial charge on any atom is -0.500 e.